The largest absolute Gasteiger partial charge is 0.480 e. The minimum absolute atomic E-state index is 0.0754. The van der Waals surface area contributed by atoms with Crippen molar-refractivity contribution in [2.75, 3.05) is 46.4 Å². The van der Waals surface area contributed by atoms with E-state index in [1.807, 2.05) is 0 Å². The molecule has 7 heteroatoms. The van der Waals surface area contributed by atoms with E-state index in [-0.39, 0.29) is 12.6 Å². The van der Waals surface area contributed by atoms with Gasteiger partial charge >= 0.3 is 12.0 Å². The van der Waals surface area contributed by atoms with E-state index in [1.54, 1.807) is 4.90 Å². The zero-order valence-electron chi connectivity index (χ0n) is 12.1. The first-order valence-electron chi connectivity index (χ1n) is 7.11. The third-order valence-corrected chi connectivity index (χ3v) is 4.18. The van der Waals surface area contributed by atoms with Gasteiger partial charge < -0.3 is 19.6 Å². The summed E-state index contributed by atoms with van der Waals surface area (Å²) in [4.78, 5) is 29.2. The van der Waals surface area contributed by atoms with E-state index in [4.69, 9.17) is 4.74 Å². The molecule has 2 aliphatic rings. The first-order chi connectivity index (χ1) is 9.54. The molecule has 0 bridgehead atoms. The van der Waals surface area contributed by atoms with E-state index < -0.39 is 12.0 Å². The molecular formula is C13H23N3O4. The van der Waals surface area contributed by atoms with Crippen molar-refractivity contribution in [1.82, 2.24) is 14.7 Å². The Bertz CT molecular complexity index is 377. The van der Waals surface area contributed by atoms with Gasteiger partial charge in [-0.15, -0.1) is 0 Å². The number of amides is 2. The topological polar surface area (TPSA) is 73.3 Å². The minimum atomic E-state index is -1.00. The fourth-order valence-electron chi connectivity index (χ4n) is 2.78. The van der Waals surface area contributed by atoms with Gasteiger partial charge in [0.1, 0.15) is 0 Å². The van der Waals surface area contributed by atoms with Gasteiger partial charge in [-0.25, -0.2) is 9.59 Å². The summed E-state index contributed by atoms with van der Waals surface area (Å²) in [7, 11) is 2.06. The lowest BCUT2D eigenvalue weighted by atomic mass is 10.1. The molecule has 2 unspecified atom stereocenters. The van der Waals surface area contributed by atoms with Crippen LogP contribution < -0.4 is 0 Å². The van der Waals surface area contributed by atoms with Crippen molar-refractivity contribution in [1.29, 1.82) is 0 Å². The molecule has 0 spiro atoms. The third-order valence-electron chi connectivity index (χ3n) is 4.18. The molecule has 1 N–H and O–H groups in total. The predicted octanol–water partition coefficient (Wildman–Crippen LogP) is -0.0822. The summed E-state index contributed by atoms with van der Waals surface area (Å²) in [5.74, 6) is -1.00. The van der Waals surface area contributed by atoms with Crippen LogP contribution in [-0.4, -0.2) is 90.3 Å². The molecule has 7 nitrogen and oxygen atoms in total. The number of rotatable bonds is 2. The first kappa shape index (κ1) is 15.1. The maximum absolute atomic E-state index is 12.6. The van der Waals surface area contributed by atoms with Crippen LogP contribution in [0.2, 0.25) is 0 Å². The summed E-state index contributed by atoms with van der Waals surface area (Å²) >= 11 is 0. The van der Waals surface area contributed by atoms with Gasteiger partial charge in [0, 0.05) is 32.2 Å². The van der Waals surface area contributed by atoms with Crippen LogP contribution in [0.15, 0.2) is 0 Å². The van der Waals surface area contributed by atoms with Gasteiger partial charge in [0.05, 0.1) is 13.2 Å². The third kappa shape index (κ3) is 3.04. The van der Waals surface area contributed by atoms with E-state index in [9.17, 15) is 14.7 Å². The number of likely N-dealkylation sites (N-methyl/N-ethyl adjacent to an activating group) is 1. The summed E-state index contributed by atoms with van der Waals surface area (Å²) in [6.07, 6.45) is 0.978. The standard InChI is InChI=1S/C13H23N3O4/c1-3-10-8-15(5-4-14(10)2)13(19)16-6-7-20-9-11(16)12(17)18/h10-11H,3-9H2,1-2H3,(H,17,18). The fourth-order valence-corrected chi connectivity index (χ4v) is 2.78. The van der Waals surface area contributed by atoms with Crippen molar-refractivity contribution < 1.29 is 19.4 Å². The van der Waals surface area contributed by atoms with Crippen molar-refractivity contribution in [2.45, 2.75) is 25.4 Å². The Hall–Kier alpha value is -1.34. The SMILES string of the molecule is CCC1CN(C(=O)N2CCOCC2C(=O)O)CCN1C. The van der Waals surface area contributed by atoms with E-state index in [2.05, 4.69) is 18.9 Å². The quantitative estimate of drug-likeness (QED) is 0.768. The van der Waals surface area contributed by atoms with Gasteiger partial charge in [-0.3, -0.25) is 4.90 Å². The highest BCUT2D eigenvalue weighted by atomic mass is 16.5. The normalized spacial score (nSPS) is 28.5. The van der Waals surface area contributed by atoms with Gasteiger partial charge in [0.25, 0.3) is 0 Å². The highest BCUT2D eigenvalue weighted by molar-refractivity contribution is 5.83. The second kappa shape index (κ2) is 6.41. The number of carboxylic acid groups (broad SMARTS) is 1. The summed E-state index contributed by atoms with van der Waals surface area (Å²) in [5, 5.41) is 9.20. The molecule has 0 aromatic heterocycles. The maximum atomic E-state index is 12.6. The molecule has 2 rings (SSSR count). The van der Waals surface area contributed by atoms with Crippen LogP contribution in [0.5, 0.6) is 0 Å². The molecule has 2 atom stereocenters. The maximum Gasteiger partial charge on any atom is 0.328 e. The molecule has 0 aromatic carbocycles. The second-order valence-corrected chi connectivity index (χ2v) is 5.39. The van der Waals surface area contributed by atoms with Gasteiger partial charge in [-0.2, -0.15) is 0 Å². The fraction of sp³-hybridized carbons (Fsp3) is 0.846. The van der Waals surface area contributed by atoms with Crippen LogP contribution in [-0.2, 0) is 9.53 Å². The van der Waals surface area contributed by atoms with Crippen LogP contribution in [0.3, 0.4) is 0 Å². The van der Waals surface area contributed by atoms with Gasteiger partial charge in [0.2, 0.25) is 0 Å². The Balaban J connectivity index is 2.04. The van der Waals surface area contributed by atoms with E-state index in [0.29, 0.717) is 32.3 Å². The van der Waals surface area contributed by atoms with Gasteiger partial charge in [-0.05, 0) is 13.5 Å². The van der Waals surface area contributed by atoms with Crippen molar-refractivity contribution in [2.24, 2.45) is 0 Å². The minimum Gasteiger partial charge on any atom is -0.480 e. The van der Waals surface area contributed by atoms with Gasteiger partial charge in [0.15, 0.2) is 6.04 Å². The number of urea groups is 1. The predicted molar refractivity (Wildman–Crippen MR) is 72.6 cm³/mol. The highest BCUT2D eigenvalue weighted by Crippen LogP contribution is 2.16. The molecule has 2 aliphatic heterocycles. The van der Waals surface area contributed by atoms with E-state index >= 15 is 0 Å². The molecule has 2 heterocycles. The number of ether oxygens (including phenoxy) is 1. The average molecular weight is 285 g/mol. The zero-order valence-corrected chi connectivity index (χ0v) is 12.1. The van der Waals surface area contributed by atoms with Gasteiger partial charge in [-0.1, -0.05) is 6.92 Å². The van der Waals surface area contributed by atoms with Crippen molar-refractivity contribution in [3.8, 4) is 0 Å². The molecule has 2 amide bonds. The average Bonchev–Trinajstić information content (AvgIpc) is 2.47. The Morgan fingerprint density at radius 2 is 2.05 bits per heavy atom. The summed E-state index contributed by atoms with van der Waals surface area (Å²) in [5.41, 5.74) is 0. The number of carboxylic acids is 1. The molecule has 2 fully saturated rings. The zero-order chi connectivity index (χ0) is 14.7. The number of hydrogen-bond acceptors (Lipinski definition) is 4. The van der Waals surface area contributed by atoms with Crippen LogP contribution in [0.1, 0.15) is 13.3 Å². The number of carbonyl (C=O) groups excluding carboxylic acids is 1. The molecule has 0 saturated carbocycles. The molecule has 20 heavy (non-hydrogen) atoms. The Morgan fingerprint density at radius 1 is 1.30 bits per heavy atom. The Kier molecular flexibility index (Phi) is 4.82. The second-order valence-electron chi connectivity index (χ2n) is 5.39. The molecule has 0 radical (unpaired) electrons. The molecule has 2 saturated heterocycles. The Labute approximate surface area is 119 Å². The molecule has 0 aromatic rings. The van der Waals surface area contributed by atoms with E-state index in [1.165, 1.54) is 4.90 Å². The number of aliphatic carboxylic acids is 1. The number of nitrogens with zero attached hydrogens (tertiary/aromatic N) is 3. The monoisotopic (exact) mass is 285 g/mol. The van der Waals surface area contributed by atoms with Crippen molar-refractivity contribution in [3.63, 3.8) is 0 Å². The number of carbonyl (C=O) groups is 2. The van der Waals surface area contributed by atoms with Crippen molar-refractivity contribution >= 4 is 12.0 Å². The number of hydrogen-bond donors (Lipinski definition) is 1. The van der Waals surface area contributed by atoms with Crippen LogP contribution in [0.25, 0.3) is 0 Å². The number of morpholine rings is 1. The van der Waals surface area contributed by atoms with Crippen LogP contribution >= 0.6 is 0 Å². The molecule has 114 valence electrons. The highest BCUT2D eigenvalue weighted by Gasteiger charge is 2.37. The lowest BCUT2D eigenvalue weighted by Gasteiger charge is -2.43. The Morgan fingerprint density at radius 3 is 2.70 bits per heavy atom. The van der Waals surface area contributed by atoms with Crippen LogP contribution in [0, 0.1) is 0 Å². The summed E-state index contributed by atoms with van der Waals surface area (Å²) in [6, 6.07) is -0.694. The van der Waals surface area contributed by atoms with E-state index in [0.717, 1.165) is 13.0 Å². The van der Waals surface area contributed by atoms with Crippen LogP contribution in [0.4, 0.5) is 4.79 Å². The first-order valence-corrected chi connectivity index (χ1v) is 7.11. The van der Waals surface area contributed by atoms with Crippen molar-refractivity contribution in [3.05, 3.63) is 0 Å². The number of piperazine rings is 1. The summed E-state index contributed by atoms with van der Waals surface area (Å²) in [6.45, 7) is 5.06. The smallest absolute Gasteiger partial charge is 0.328 e. The lowest BCUT2D eigenvalue weighted by molar-refractivity contribution is -0.147. The lowest BCUT2D eigenvalue weighted by Crippen LogP contribution is -2.61. The molecule has 0 aliphatic carbocycles. The summed E-state index contributed by atoms with van der Waals surface area (Å²) < 4.78 is 5.17. The molecular weight excluding hydrogens is 262 g/mol.